The Morgan fingerprint density at radius 2 is 1.97 bits per heavy atom. The van der Waals surface area contributed by atoms with Crippen LogP contribution >= 0.6 is 0 Å². The first kappa shape index (κ1) is 25.3. The lowest BCUT2D eigenvalue weighted by Crippen LogP contribution is -2.51. The lowest BCUT2D eigenvalue weighted by Gasteiger charge is -2.58. The highest BCUT2D eigenvalue weighted by Gasteiger charge is 2.59. The number of amides is 1. The molecule has 6 nitrogen and oxygen atoms in total. The SMILES string of the molecule is C/C(=N\OC(=O)N(C)CC1CCCCN1)[C@H]1CC[C@H]2[C@@H]3CCC4=C[C@H](O)CC[C@]4(C)[C@H]3CC[C@]12C. The molecule has 0 bridgehead atoms. The topological polar surface area (TPSA) is 74.2 Å². The van der Waals surface area contributed by atoms with Crippen LogP contribution in [-0.4, -0.2) is 54.1 Å². The van der Waals surface area contributed by atoms with E-state index in [1.54, 1.807) is 4.90 Å². The highest BCUT2D eigenvalue weighted by Crippen LogP contribution is 2.66. The van der Waals surface area contributed by atoms with Crippen LogP contribution in [0.15, 0.2) is 16.8 Å². The number of piperidine rings is 1. The maximum absolute atomic E-state index is 12.6. The maximum Gasteiger partial charge on any atom is 0.435 e. The standard InChI is InChI=1S/C29H47N3O3/c1-19(31-35-27(34)32(4)18-21-7-5-6-16-30-21)24-10-11-25-23-9-8-20-17-22(33)12-14-28(20,2)26(23)13-15-29(24,25)3/h17,21-26,30,33H,5-16,18H2,1-4H3/b31-19+/t21?,22-,23+,24-,25+,26+,28+,29-/m1/s1. The molecule has 0 spiro atoms. The fraction of sp³-hybridized carbons (Fsp3) is 0.862. The summed E-state index contributed by atoms with van der Waals surface area (Å²) in [6.45, 7) is 8.76. The minimum Gasteiger partial charge on any atom is -0.389 e. The lowest BCUT2D eigenvalue weighted by atomic mass is 9.46. The molecule has 196 valence electrons. The maximum atomic E-state index is 12.6. The van der Waals surface area contributed by atoms with Gasteiger partial charge < -0.3 is 15.3 Å². The van der Waals surface area contributed by atoms with Gasteiger partial charge in [0.1, 0.15) is 0 Å². The third kappa shape index (κ3) is 4.58. The van der Waals surface area contributed by atoms with Gasteiger partial charge >= 0.3 is 6.09 Å². The van der Waals surface area contributed by atoms with Gasteiger partial charge in [0.2, 0.25) is 0 Å². The predicted octanol–water partition coefficient (Wildman–Crippen LogP) is 5.51. The first-order chi connectivity index (χ1) is 16.7. The largest absolute Gasteiger partial charge is 0.435 e. The average Bonchev–Trinajstić information content (AvgIpc) is 3.20. The minimum absolute atomic E-state index is 0.237. The van der Waals surface area contributed by atoms with Crippen LogP contribution in [0.25, 0.3) is 0 Å². The summed E-state index contributed by atoms with van der Waals surface area (Å²) in [5.41, 5.74) is 3.05. The van der Waals surface area contributed by atoms with Crippen LogP contribution < -0.4 is 5.32 Å². The van der Waals surface area contributed by atoms with Crippen molar-refractivity contribution >= 4 is 11.8 Å². The van der Waals surface area contributed by atoms with Crippen LogP contribution in [0.4, 0.5) is 4.79 Å². The van der Waals surface area contributed by atoms with E-state index in [0.29, 0.717) is 18.5 Å². The summed E-state index contributed by atoms with van der Waals surface area (Å²) in [5.74, 6) is 2.62. The van der Waals surface area contributed by atoms with Crippen LogP contribution in [-0.2, 0) is 4.84 Å². The van der Waals surface area contributed by atoms with Gasteiger partial charge in [0.25, 0.3) is 0 Å². The number of nitrogens with zero attached hydrogens (tertiary/aromatic N) is 2. The van der Waals surface area contributed by atoms with Crippen molar-refractivity contribution in [3.63, 3.8) is 0 Å². The molecule has 35 heavy (non-hydrogen) atoms. The third-order valence-electron chi connectivity index (χ3n) is 11.1. The van der Waals surface area contributed by atoms with Crippen molar-refractivity contribution in [2.75, 3.05) is 20.1 Å². The van der Waals surface area contributed by atoms with Crippen molar-refractivity contribution in [1.82, 2.24) is 10.2 Å². The number of nitrogens with one attached hydrogen (secondary N) is 1. The first-order valence-corrected chi connectivity index (χ1v) is 14.3. The van der Waals surface area contributed by atoms with Crippen LogP contribution in [0, 0.1) is 34.5 Å². The molecular formula is C29H47N3O3. The van der Waals surface area contributed by atoms with Crippen LogP contribution in [0.1, 0.15) is 91.4 Å². The molecule has 0 aromatic rings. The number of rotatable bonds is 4. The van der Waals surface area contributed by atoms with Crippen molar-refractivity contribution in [2.45, 2.75) is 104 Å². The second-order valence-electron chi connectivity index (χ2n) is 12.9. The summed E-state index contributed by atoms with van der Waals surface area (Å²) in [5, 5.41) is 18.1. The zero-order chi connectivity index (χ0) is 24.8. The molecule has 4 aliphatic carbocycles. The quantitative estimate of drug-likeness (QED) is 0.238. The van der Waals surface area contributed by atoms with Gasteiger partial charge in [0.15, 0.2) is 0 Å². The third-order valence-corrected chi connectivity index (χ3v) is 11.1. The van der Waals surface area contributed by atoms with Crippen LogP contribution in [0.2, 0.25) is 0 Å². The highest BCUT2D eigenvalue weighted by molar-refractivity contribution is 5.85. The van der Waals surface area contributed by atoms with Gasteiger partial charge in [-0.3, -0.25) is 4.84 Å². The van der Waals surface area contributed by atoms with Crippen molar-refractivity contribution in [3.05, 3.63) is 11.6 Å². The van der Waals surface area contributed by atoms with E-state index in [9.17, 15) is 9.90 Å². The number of aliphatic hydroxyl groups excluding tert-OH is 1. The predicted molar refractivity (Wildman–Crippen MR) is 139 cm³/mol. The Labute approximate surface area is 211 Å². The minimum atomic E-state index is -0.348. The van der Waals surface area contributed by atoms with E-state index in [1.165, 1.54) is 44.1 Å². The fourth-order valence-electron chi connectivity index (χ4n) is 9.13. The van der Waals surface area contributed by atoms with Crippen LogP contribution in [0.3, 0.4) is 0 Å². The smallest absolute Gasteiger partial charge is 0.389 e. The molecule has 5 aliphatic rings. The Kier molecular flexibility index (Phi) is 7.08. The van der Waals surface area contributed by atoms with E-state index < -0.39 is 0 Å². The summed E-state index contributed by atoms with van der Waals surface area (Å²) in [7, 11) is 1.81. The van der Waals surface area contributed by atoms with Crippen molar-refractivity contribution in [1.29, 1.82) is 0 Å². The molecule has 1 aliphatic heterocycles. The van der Waals surface area contributed by atoms with Crippen molar-refractivity contribution in [3.8, 4) is 0 Å². The second-order valence-corrected chi connectivity index (χ2v) is 12.9. The summed E-state index contributed by atoms with van der Waals surface area (Å²) in [4.78, 5) is 19.8. The number of likely N-dealkylation sites (N-methyl/N-ethyl adjacent to an activating group) is 1. The molecule has 5 rings (SSSR count). The molecule has 2 N–H and O–H groups in total. The molecule has 6 heteroatoms. The van der Waals surface area contributed by atoms with E-state index in [2.05, 4.69) is 37.3 Å². The normalized spacial score (nSPS) is 43.5. The summed E-state index contributed by atoms with van der Waals surface area (Å²) in [6.07, 6.45) is 14.5. The number of aliphatic hydroxyl groups is 1. The van der Waals surface area contributed by atoms with E-state index in [-0.39, 0.29) is 23.0 Å². The van der Waals surface area contributed by atoms with Gasteiger partial charge in [-0.2, -0.15) is 0 Å². The van der Waals surface area contributed by atoms with Gasteiger partial charge in [-0.05, 0) is 106 Å². The Bertz CT molecular complexity index is 865. The van der Waals surface area contributed by atoms with Gasteiger partial charge in [0, 0.05) is 25.6 Å². The number of hydrogen-bond donors (Lipinski definition) is 2. The average molecular weight is 486 g/mol. The summed E-state index contributed by atoms with van der Waals surface area (Å²) < 4.78 is 0. The van der Waals surface area contributed by atoms with E-state index in [0.717, 1.165) is 62.1 Å². The van der Waals surface area contributed by atoms with Crippen molar-refractivity contribution in [2.24, 2.45) is 39.7 Å². The summed E-state index contributed by atoms with van der Waals surface area (Å²) >= 11 is 0. The molecule has 0 radical (unpaired) electrons. The van der Waals surface area contributed by atoms with Gasteiger partial charge in [0.05, 0.1) is 11.8 Å². The molecule has 1 heterocycles. The molecular weight excluding hydrogens is 438 g/mol. The molecule has 0 aromatic heterocycles. The zero-order valence-corrected chi connectivity index (χ0v) is 22.4. The number of hydrogen-bond acceptors (Lipinski definition) is 5. The van der Waals surface area contributed by atoms with Crippen molar-refractivity contribution < 1.29 is 14.7 Å². The number of allylic oxidation sites excluding steroid dienone is 1. The Balaban J connectivity index is 1.23. The number of oxime groups is 1. The second kappa shape index (κ2) is 9.81. The molecule has 1 amide bonds. The monoisotopic (exact) mass is 485 g/mol. The van der Waals surface area contributed by atoms with Crippen LogP contribution in [0.5, 0.6) is 0 Å². The summed E-state index contributed by atoms with van der Waals surface area (Å²) in [6, 6.07) is 0.358. The number of carbonyl (C=O) groups excluding carboxylic acids is 1. The number of fused-ring (bicyclic) bond motifs is 5. The van der Waals surface area contributed by atoms with Gasteiger partial charge in [-0.25, -0.2) is 4.79 Å². The Morgan fingerprint density at radius 1 is 1.14 bits per heavy atom. The Hall–Kier alpha value is -1.40. The van der Waals surface area contributed by atoms with Gasteiger partial charge in [-0.1, -0.05) is 37.1 Å². The molecule has 8 atom stereocenters. The van der Waals surface area contributed by atoms with Gasteiger partial charge in [-0.15, -0.1) is 0 Å². The van der Waals surface area contributed by atoms with E-state index in [4.69, 9.17) is 4.84 Å². The molecule has 0 aromatic carbocycles. The molecule has 1 saturated heterocycles. The molecule has 3 saturated carbocycles. The Morgan fingerprint density at radius 3 is 2.74 bits per heavy atom. The zero-order valence-electron chi connectivity index (χ0n) is 22.4. The number of carbonyl (C=O) groups is 1. The lowest BCUT2D eigenvalue weighted by molar-refractivity contribution is -0.0479. The highest BCUT2D eigenvalue weighted by atomic mass is 16.7. The molecule has 4 fully saturated rings. The van der Waals surface area contributed by atoms with E-state index in [1.807, 2.05) is 7.05 Å². The van der Waals surface area contributed by atoms with E-state index >= 15 is 0 Å². The first-order valence-electron chi connectivity index (χ1n) is 14.3. The molecule has 1 unspecified atom stereocenters. The fourth-order valence-corrected chi connectivity index (χ4v) is 9.13.